The number of hydrogen-bond acceptors (Lipinski definition) is 3. The van der Waals surface area contributed by atoms with E-state index < -0.39 is 0 Å². The number of amides is 2. The van der Waals surface area contributed by atoms with Crippen molar-refractivity contribution >= 4 is 39.9 Å². The van der Waals surface area contributed by atoms with Crippen LogP contribution in [0.25, 0.3) is 17.0 Å². The highest BCUT2D eigenvalue weighted by Crippen LogP contribution is 2.35. The Morgan fingerprint density at radius 2 is 2.00 bits per heavy atom. The molecule has 1 aromatic heterocycles. The zero-order valence-electron chi connectivity index (χ0n) is 12.9. The predicted molar refractivity (Wildman–Crippen MR) is 90.5 cm³/mol. The molecule has 2 amide bonds. The zero-order chi connectivity index (χ0) is 15.9. The van der Waals surface area contributed by atoms with Gasteiger partial charge in [0.2, 0.25) is 0 Å². The van der Waals surface area contributed by atoms with E-state index in [0.717, 1.165) is 34.6 Å². The number of fused-ring (bicyclic) bond motifs is 1. The van der Waals surface area contributed by atoms with Crippen LogP contribution in [0.5, 0.6) is 0 Å². The SMILES string of the molecule is CC[C@@H](C)N1C(=O)S/C(=C\c2cn(C)c3ccccc23)C1=O. The minimum absolute atomic E-state index is 0.0640. The molecule has 0 saturated carbocycles. The number of aromatic nitrogens is 1. The Bertz CT molecular complexity index is 791. The van der Waals surface area contributed by atoms with Gasteiger partial charge in [-0.25, -0.2) is 0 Å². The van der Waals surface area contributed by atoms with Crippen molar-refractivity contribution in [2.45, 2.75) is 26.3 Å². The highest BCUT2D eigenvalue weighted by atomic mass is 32.2. The van der Waals surface area contributed by atoms with E-state index in [4.69, 9.17) is 0 Å². The summed E-state index contributed by atoms with van der Waals surface area (Å²) >= 11 is 1.03. The summed E-state index contributed by atoms with van der Waals surface area (Å²) in [7, 11) is 1.98. The van der Waals surface area contributed by atoms with E-state index in [0.29, 0.717) is 4.91 Å². The molecular formula is C17H18N2O2S. The summed E-state index contributed by atoms with van der Waals surface area (Å²) in [6.45, 7) is 3.87. The Morgan fingerprint density at radius 1 is 1.27 bits per heavy atom. The Labute approximate surface area is 133 Å². The van der Waals surface area contributed by atoms with Crippen molar-refractivity contribution in [2.75, 3.05) is 0 Å². The molecule has 0 radical (unpaired) electrons. The van der Waals surface area contributed by atoms with Gasteiger partial charge in [-0.15, -0.1) is 0 Å². The number of hydrogen-bond donors (Lipinski definition) is 0. The largest absolute Gasteiger partial charge is 0.350 e. The van der Waals surface area contributed by atoms with E-state index in [-0.39, 0.29) is 17.2 Å². The maximum atomic E-state index is 12.5. The summed E-state index contributed by atoms with van der Waals surface area (Å²) in [5.74, 6) is -0.183. The lowest BCUT2D eigenvalue weighted by molar-refractivity contribution is -0.124. The van der Waals surface area contributed by atoms with Gasteiger partial charge in [0.15, 0.2) is 0 Å². The van der Waals surface area contributed by atoms with E-state index >= 15 is 0 Å². The third-order valence-corrected chi connectivity index (χ3v) is 4.95. The molecule has 1 saturated heterocycles. The summed E-state index contributed by atoms with van der Waals surface area (Å²) < 4.78 is 2.03. The molecule has 0 N–H and O–H groups in total. The third-order valence-electron chi connectivity index (χ3n) is 4.07. The minimum Gasteiger partial charge on any atom is -0.350 e. The maximum absolute atomic E-state index is 12.5. The number of imide groups is 1. The fourth-order valence-electron chi connectivity index (χ4n) is 2.67. The summed E-state index contributed by atoms with van der Waals surface area (Å²) in [6.07, 6.45) is 4.58. The number of benzene rings is 1. The molecule has 4 nitrogen and oxygen atoms in total. The lowest BCUT2D eigenvalue weighted by Crippen LogP contribution is -2.36. The Morgan fingerprint density at radius 3 is 2.73 bits per heavy atom. The summed E-state index contributed by atoms with van der Waals surface area (Å²) in [6, 6.07) is 7.97. The second-order valence-corrected chi connectivity index (χ2v) is 6.51. The number of rotatable bonds is 3. The van der Waals surface area contributed by atoms with Crippen LogP contribution in [0.1, 0.15) is 25.8 Å². The van der Waals surface area contributed by atoms with Gasteiger partial charge in [0.25, 0.3) is 11.1 Å². The molecule has 0 aliphatic carbocycles. The molecule has 1 aromatic carbocycles. The van der Waals surface area contributed by atoms with Crippen LogP contribution in [0.4, 0.5) is 4.79 Å². The fraction of sp³-hybridized carbons (Fsp3) is 0.294. The van der Waals surface area contributed by atoms with Crippen LogP contribution in [0.15, 0.2) is 35.4 Å². The Hall–Kier alpha value is -2.01. The van der Waals surface area contributed by atoms with Crippen molar-refractivity contribution in [3.63, 3.8) is 0 Å². The molecule has 0 bridgehead atoms. The Kier molecular flexibility index (Phi) is 3.83. The molecule has 0 spiro atoms. The van der Waals surface area contributed by atoms with Crippen LogP contribution in [0, 0.1) is 0 Å². The van der Waals surface area contributed by atoms with Crippen molar-refractivity contribution in [3.05, 3.63) is 40.9 Å². The smallest absolute Gasteiger partial charge is 0.293 e. The first-order valence-electron chi connectivity index (χ1n) is 7.34. The zero-order valence-corrected chi connectivity index (χ0v) is 13.7. The summed E-state index contributed by atoms with van der Waals surface area (Å²) in [4.78, 5) is 26.4. The molecular weight excluding hydrogens is 296 g/mol. The van der Waals surface area contributed by atoms with Gasteiger partial charge < -0.3 is 4.57 Å². The minimum atomic E-state index is -0.183. The van der Waals surface area contributed by atoms with Gasteiger partial charge in [-0.05, 0) is 37.2 Å². The standard InChI is InChI=1S/C17H18N2O2S/c1-4-11(2)19-16(20)15(22-17(19)21)9-12-10-18(3)14-8-6-5-7-13(12)14/h5-11H,4H2,1-3H3/b15-9-/t11-/m1/s1. The van der Waals surface area contributed by atoms with E-state index in [1.165, 1.54) is 4.90 Å². The molecule has 1 aliphatic heterocycles. The fourth-order valence-corrected chi connectivity index (χ4v) is 3.59. The Balaban J connectivity index is 2.02. The molecule has 1 aliphatic rings. The molecule has 114 valence electrons. The number of carbonyl (C=O) groups is 2. The third kappa shape index (κ3) is 2.35. The van der Waals surface area contributed by atoms with Crippen molar-refractivity contribution in [3.8, 4) is 0 Å². The van der Waals surface area contributed by atoms with Gasteiger partial charge in [0.1, 0.15) is 0 Å². The lowest BCUT2D eigenvalue weighted by atomic mass is 10.1. The van der Waals surface area contributed by atoms with Crippen LogP contribution in [-0.2, 0) is 11.8 Å². The second-order valence-electron chi connectivity index (χ2n) is 5.52. The summed E-state index contributed by atoms with van der Waals surface area (Å²) in [5, 5.41) is 0.908. The van der Waals surface area contributed by atoms with Gasteiger partial charge in [0, 0.05) is 35.8 Å². The van der Waals surface area contributed by atoms with E-state index in [9.17, 15) is 9.59 Å². The van der Waals surface area contributed by atoms with E-state index in [1.807, 2.05) is 62.0 Å². The van der Waals surface area contributed by atoms with Crippen molar-refractivity contribution in [2.24, 2.45) is 7.05 Å². The topological polar surface area (TPSA) is 42.3 Å². The van der Waals surface area contributed by atoms with Crippen LogP contribution >= 0.6 is 11.8 Å². The molecule has 2 heterocycles. The predicted octanol–water partition coefficient (Wildman–Crippen LogP) is 4.01. The average Bonchev–Trinajstić information content (AvgIpc) is 2.97. The first-order valence-corrected chi connectivity index (χ1v) is 8.15. The first-order chi connectivity index (χ1) is 10.5. The molecule has 22 heavy (non-hydrogen) atoms. The van der Waals surface area contributed by atoms with Gasteiger partial charge in [-0.1, -0.05) is 25.1 Å². The van der Waals surface area contributed by atoms with Crippen molar-refractivity contribution in [1.29, 1.82) is 0 Å². The van der Waals surface area contributed by atoms with Crippen LogP contribution in [-0.4, -0.2) is 26.7 Å². The molecule has 5 heteroatoms. The number of nitrogens with zero attached hydrogens (tertiary/aromatic N) is 2. The normalized spacial score (nSPS) is 18.7. The van der Waals surface area contributed by atoms with Crippen LogP contribution in [0.2, 0.25) is 0 Å². The van der Waals surface area contributed by atoms with Crippen molar-refractivity contribution < 1.29 is 9.59 Å². The second kappa shape index (κ2) is 5.65. The highest BCUT2D eigenvalue weighted by molar-refractivity contribution is 8.18. The van der Waals surface area contributed by atoms with Crippen LogP contribution < -0.4 is 0 Å². The number of aryl methyl sites for hydroxylation is 1. The molecule has 1 fully saturated rings. The van der Waals surface area contributed by atoms with Gasteiger partial charge in [0.05, 0.1) is 4.91 Å². The van der Waals surface area contributed by atoms with Crippen LogP contribution in [0.3, 0.4) is 0 Å². The average molecular weight is 314 g/mol. The van der Waals surface area contributed by atoms with Gasteiger partial charge >= 0.3 is 0 Å². The number of carbonyl (C=O) groups excluding carboxylic acids is 2. The molecule has 1 atom stereocenters. The molecule has 3 rings (SSSR count). The quantitative estimate of drug-likeness (QED) is 0.804. The summed E-state index contributed by atoms with van der Waals surface area (Å²) in [5.41, 5.74) is 2.07. The number of thioether (sulfide) groups is 1. The monoisotopic (exact) mass is 314 g/mol. The van der Waals surface area contributed by atoms with Gasteiger partial charge in [-0.3, -0.25) is 14.5 Å². The highest BCUT2D eigenvalue weighted by Gasteiger charge is 2.37. The molecule has 0 unspecified atom stereocenters. The lowest BCUT2D eigenvalue weighted by Gasteiger charge is -2.19. The first kappa shape index (κ1) is 14.9. The molecule has 2 aromatic rings. The van der Waals surface area contributed by atoms with E-state index in [1.54, 1.807) is 0 Å². The van der Waals surface area contributed by atoms with Gasteiger partial charge in [-0.2, -0.15) is 0 Å². The van der Waals surface area contributed by atoms with Crippen molar-refractivity contribution in [1.82, 2.24) is 9.47 Å². The van der Waals surface area contributed by atoms with E-state index in [2.05, 4.69) is 0 Å². The number of para-hydroxylation sites is 1. The maximum Gasteiger partial charge on any atom is 0.293 e.